The number of nitrogens with one attached hydrogen (secondary N) is 4. The number of carbonyl (C=O) groups is 4. The van der Waals surface area contributed by atoms with E-state index in [9.17, 15) is 19.2 Å². The number of ketones is 2. The van der Waals surface area contributed by atoms with Crippen molar-refractivity contribution in [3.63, 3.8) is 0 Å². The number of anilines is 4. The maximum atomic E-state index is 12.6. The monoisotopic (exact) mass is 736 g/mol. The highest BCUT2D eigenvalue weighted by molar-refractivity contribution is 6.67. The smallest absolute Gasteiger partial charge is 0.279 e. The van der Waals surface area contributed by atoms with Gasteiger partial charge in [-0.1, -0.05) is 117 Å². The van der Waals surface area contributed by atoms with Crippen molar-refractivity contribution in [2.45, 2.75) is 95.9 Å². The number of hydrogen-bond donors (Lipinski definition) is 4. The van der Waals surface area contributed by atoms with Gasteiger partial charge in [0.1, 0.15) is 0 Å². The van der Waals surface area contributed by atoms with Crippen LogP contribution in [0.3, 0.4) is 0 Å². The molecule has 0 saturated heterocycles. The number of hydrazone groups is 2. The second-order valence-electron chi connectivity index (χ2n) is 11.4. The minimum atomic E-state index is -0.605. The van der Waals surface area contributed by atoms with Gasteiger partial charge in [0, 0.05) is 25.2 Å². The van der Waals surface area contributed by atoms with Crippen LogP contribution < -0.4 is 21.5 Å². The Kier molecular flexibility index (Phi) is 24.7. The van der Waals surface area contributed by atoms with E-state index in [1.807, 2.05) is 90.1 Å². The fourth-order valence-electron chi connectivity index (χ4n) is 4.17. The zero-order valence-corrected chi connectivity index (χ0v) is 34.2. The summed E-state index contributed by atoms with van der Waals surface area (Å²) in [6, 6.07) is 29.0. The van der Waals surface area contributed by atoms with Gasteiger partial charge in [0.2, 0.25) is 0 Å². The SMILES string of the molecule is CC.CC.CC(=O)/C(=N/Nc1ccc(-c2ccc(N/N=C(/C(C)=O)C(=O)Nc3ccccc3)c(C)c2)cc1C)C(=O)Nc1ccccc1.CCC.CCC. The Bertz CT molecular complexity index is 1670. The fourth-order valence-corrected chi connectivity index (χ4v) is 4.17. The zero-order chi connectivity index (χ0) is 41.1. The molecular formula is C44H60N6O4. The molecule has 0 fully saturated rings. The Morgan fingerprint density at radius 3 is 1.06 bits per heavy atom. The molecule has 4 aromatic rings. The highest BCUT2D eigenvalue weighted by Crippen LogP contribution is 2.28. The number of nitrogens with zero attached hydrogens (tertiary/aromatic N) is 2. The second kappa shape index (κ2) is 27.7. The van der Waals surface area contributed by atoms with Crippen LogP contribution in [0.25, 0.3) is 11.1 Å². The van der Waals surface area contributed by atoms with E-state index in [1.54, 1.807) is 48.5 Å². The first kappa shape index (κ1) is 48.1. The summed E-state index contributed by atoms with van der Waals surface area (Å²) in [6.07, 6.45) is 2.50. The summed E-state index contributed by atoms with van der Waals surface area (Å²) in [4.78, 5) is 49.5. The molecule has 2 amide bonds. The van der Waals surface area contributed by atoms with Crippen LogP contribution in [0.5, 0.6) is 0 Å². The molecule has 10 heteroatoms. The molecule has 0 aliphatic carbocycles. The highest BCUT2D eigenvalue weighted by Gasteiger charge is 2.18. The van der Waals surface area contributed by atoms with Gasteiger partial charge in [-0.05, 0) is 84.6 Å². The van der Waals surface area contributed by atoms with Crippen LogP contribution in [0.4, 0.5) is 22.7 Å². The third kappa shape index (κ3) is 17.1. The van der Waals surface area contributed by atoms with Gasteiger partial charge < -0.3 is 10.6 Å². The number of rotatable bonds is 11. The first-order valence-corrected chi connectivity index (χ1v) is 18.6. The molecule has 0 heterocycles. The maximum absolute atomic E-state index is 12.6. The zero-order valence-electron chi connectivity index (χ0n) is 34.2. The average molecular weight is 737 g/mol. The van der Waals surface area contributed by atoms with Crippen LogP contribution in [0.2, 0.25) is 0 Å². The van der Waals surface area contributed by atoms with Gasteiger partial charge in [-0.25, -0.2) is 0 Å². The molecule has 290 valence electrons. The lowest BCUT2D eigenvalue weighted by Gasteiger charge is -2.12. The third-order valence-corrected chi connectivity index (χ3v) is 6.52. The van der Waals surface area contributed by atoms with E-state index in [4.69, 9.17) is 0 Å². The third-order valence-electron chi connectivity index (χ3n) is 6.52. The molecule has 0 aromatic heterocycles. The van der Waals surface area contributed by atoms with Gasteiger partial charge in [-0.3, -0.25) is 30.0 Å². The van der Waals surface area contributed by atoms with Crippen LogP contribution in [-0.4, -0.2) is 34.8 Å². The topological polar surface area (TPSA) is 141 Å². The normalized spacial score (nSPS) is 10.1. The Morgan fingerprint density at radius 1 is 0.500 bits per heavy atom. The summed E-state index contributed by atoms with van der Waals surface area (Å²) in [5.41, 5.74) is 11.1. The number of carbonyl (C=O) groups excluding carboxylic acids is 4. The lowest BCUT2D eigenvalue weighted by molar-refractivity contribution is -0.116. The molecule has 0 aliphatic rings. The van der Waals surface area contributed by atoms with Crippen LogP contribution in [-0.2, 0) is 19.2 Å². The summed E-state index contributed by atoms with van der Waals surface area (Å²) in [7, 11) is 0. The number of Topliss-reactive ketones (excluding diaryl/α,β-unsaturated/α-hetero) is 2. The lowest BCUT2D eigenvalue weighted by atomic mass is 10.00. The predicted octanol–water partition coefficient (Wildman–Crippen LogP) is 10.8. The molecule has 0 unspecified atom stereocenters. The van der Waals surface area contributed by atoms with E-state index in [0.29, 0.717) is 22.7 Å². The fraction of sp³-hybridized carbons (Fsp3) is 0.318. The molecule has 0 atom stereocenters. The van der Waals surface area contributed by atoms with Crippen molar-refractivity contribution in [2.24, 2.45) is 10.2 Å². The lowest BCUT2D eigenvalue weighted by Crippen LogP contribution is -2.29. The van der Waals surface area contributed by atoms with Crippen LogP contribution >= 0.6 is 0 Å². The summed E-state index contributed by atoms with van der Waals surface area (Å²) < 4.78 is 0. The van der Waals surface area contributed by atoms with Crippen LogP contribution in [0, 0.1) is 13.8 Å². The van der Waals surface area contributed by atoms with E-state index in [-0.39, 0.29) is 11.4 Å². The van der Waals surface area contributed by atoms with E-state index in [1.165, 1.54) is 26.7 Å². The Hall–Kier alpha value is -5.90. The molecule has 4 aromatic carbocycles. The van der Waals surface area contributed by atoms with Crippen molar-refractivity contribution in [2.75, 3.05) is 21.5 Å². The summed E-state index contributed by atoms with van der Waals surface area (Å²) in [5, 5.41) is 13.5. The number of benzene rings is 4. The largest absolute Gasteiger partial charge is 0.320 e. The van der Waals surface area contributed by atoms with Gasteiger partial charge in [-0.2, -0.15) is 10.2 Å². The van der Waals surface area contributed by atoms with Gasteiger partial charge >= 0.3 is 0 Å². The molecule has 0 radical (unpaired) electrons. The molecule has 0 bridgehead atoms. The van der Waals surface area contributed by atoms with Gasteiger partial charge in [0.05, 0.1) is 11.4 Å². The van der Waals surface area contributed by atoms with E-state index < -0.39 is 23.4 Å². The standard InChI is InChI=1S/C34H32N6O4.2C3H8.2C2H6/c1-21-19-25(15-17-29(21)37-39-31(23(3)41)33(43)35-27-11-7-5-8-12-27)26-16-18-30(22(2)20-26)38-40-32(24(4)42)34(44)36-28-13-9-6-10-14-28;2*1-3-2;2*1-2/h5-20,37-38H,1-4H3,(H,35,43)(H,36,44);2*3H2,1-2H3;2*1-2H3/b39-31-,40-32-;;;;. The van der Waals surface area contributed by atoms with Crippen molar-refractivity contribution in [1.29, 1.82) is 0 Å². The van der Waals surface area contributed by atoms with Gasteiger partial charge in [0.25, 0.3) is 11.8 Å². The van der Waals surface area contributed by atoms with Gasteiger partial charge in [0.15, 0.2) is 23.0 Å². The first-order chi connectivity index (χ1) is 25.9. The Labute approximate surface area is 323 Å². The van der Waals surface area contributed by atoms with Crippen molar-refractivity contribution in [1.82, 2.24) is 0 Å². The highest BCUT2D eigenvalue weighted by atomic mass is 16.2. The summed E-state index contributed by atoms with van der Waals surface area (Å²) in [5.74, 6) is -2.15. The Morgan fingerprint density at radius 2 is 0.796 bits per heavy atom. The molecule has 4 rings (SSSR count). The molecule has 10 nitrogen and oxygen atoms in total. The van der Waals surface area contributed by atoms with Gasteiger partial charge in [-0.15, -0.1) is 0 Å². The van der Waals surface area contributed by atoms with E-state index in [0.717, 1.165) is 22.3 Å². The maximum Gasteiger partial charge on any atom is 0.279 e. The van der Waals surface area contributed by atoms with Crippen molar-refractivity contribution < 1.29 is 19.2 Å². The minimum absolute atomic E-state index is 0.246. The summed E-state index contributed by atoms with van der Waals surface area (Å²) in [6.45, 7) is 22.8. The van der Waals surface area contributed by atoms with Crippen LogP contribution in [0.1, 0.15) is 93.2 Å². The molecular weight excluding hydrogens is 677 g/mol. The second-order valence-corrected chi connectivity index (χ2v) is 11.4. The van der Waals surface area contributed by atoms with E-state index >= 15 is 0 Å². The number of amides is 2. The number of hydrogen-bond acceptors (Lipinski definition) is 8. The predicted molar refractivity (Wildman–Crippen MR) is 230 cm³/mol. The molecule has 4 N–H and O–H groups in total. The summed E-state index contributed by atoms with van der Waals surface area (Å²) >= 11 is 0. The minimum Gasteiger partial charge on any atom is -0.320 e. The number of para-hydroxylation sites is 2. The van der Waals surface area contributed by atoms with Crippen molar-refractivity contribution >= 4 is 57.6 Å². The molecule has 0 spiro atoms. The quantitative estimate of drug-likeness (QED) is 0.0686. The molecule has 54 heavy (non-hydrogen) atoms. The first-order valence-electron chi connectivity index (χ1n) is 18.6. The van der Waals surface area contributed by atoms with E-state index in [2.05, 4.69) is 59.4 Å². The molecule has 0 aliphatic heterocycles. The average Bonchev–Trinajstić information content (AvgIpc) is 3.16. The number of aryl methyl sites for hydroxylation is 2. The molecule has 0 saturated carbocycles. The van der Waals surface area contributed by atoms with Crippen LogP contribution in [0.15, 0.2) is 107 Å². The van der Waals surface area contributed by atoms with Crippen molar-refractivity contribution in [3.05, 3.63) is 108 Å². The van der Waals surface area contributed by atoms with Crippen molar-refractivity contribution in [3.8, 4) is 11.1 Å². The Balaban J connectivity index is 0.00000255.